The molecule has 0 saturated heterocycles. The van der Waals surface area contributed by atoms with Crippen molar-refractivity contribution in [3.05, 3.63) is 54.3 Å². The van der Waals surface area contributed by atoms with Crippen molar-refractivity contribution in [1.29, 1.82) is 0 Å². The first-order chi connectivity index (χ1) is 12.2. The normalized spacial score (nSPS) is 16.8. The molecule has 2 atom stereocenters. The highest BCUT2D eigenvalue weighted by Crippen LogP contribution is 2.30. The fraction of sp³-hybridized carbons (Fsp3) is 0.316. The second kappa shape index (κ2) is 7.88. The van der Waals surface area contributed by atoms with Crippen molar-refractivity contribution in [2.75, 3.05) is 13.2 Å². The number of hydrogen-bond donors (Lipinski definition) is 1. The topological polar surface area (TPSA) is 56.8 Å². The Morgan fingerprint density at radius 2 is 1.96 bits per heavy atom. The van der Waals surface area contributed by atoms with Gasteiger partial charge in [-0.05, 0) is 42.8 Å². The molecule has 1 amide bonds. The van der Waals surface area contributed by atoms with Gasteiger partial charge in [0, 0.05) is 0 Å². The van der Waals surface area contributed by atoms with Crippen molar-refractivity contribution in [1.82, 2.24) is 5.32 Å². The van der Waals surface area contributed by atoms with Crippen LogP contribution < -0.4 is 19.5 Å². The number of carbonyl (C=O) groups excluding carboxylic acids is 1. The summed E-state index contributed by atoms with van der Waals surface area (Å²) in [5, 5.41) is 2.82. The Hall–Kier alpha value is -2.76. The molecule has 132 valence electrons. The number of benzene rings is 2. The minimum atomic E-state index is -0.651. The molecule has 1 heterocycles. The summed E-state index contributed by atoms with van der Waals surface area (Å²) in [7, 11) is 0. The predicted octanol–water partition coefficient (Wildman–Crippen LogP) is 2.94. The monoisotopic (exact) mass is 345 g/mol. The zero-order chi connectivity index (χ0) is 17.6. The maximum atomic E-state index is 12.9. The van der Waals surface area contributed by atoms with Crippen LogP contribution in [-0.4, -0.2) is 31.3 Å². The van der Waals surface area contributed by atoms with Gasteiger partial charge in [-0.1, -0.05) is 19.1 Å². The summed E-state index contributed by atoms with van der Waals surface area (Å²) >= 11 is 0. The second-order valence-corrected chi connectivity index (χ2v) is 5.71. The van der Waals surface area contributed by atoms with Crippen LogP contribution in [0.2, 0.25) is 0 Å². The third-order valence-electron chi connectivity index (χ3n) is 3.83. The van der Waals surface area contributed by atoms with Gasteiger partial charge in [-0.15, -0.1) is 0 Å². The van der Waals surface area contributed by atoms with E-state index in [1.54, 1.807) is 0 Å². The van der Waals surface area contributed by atoms with Crippen LogP contribution in [0.3, 0.4) is 0 Å². The average molecular weight is 345 g/mol. The molecule has 2 unspecified atom stereocenters. The molecule has 0 fully saturated rings. The summed E-state index contributed by atoms with van der Waals surface area (Å²) < 4.78 is 30.0. The zero-order valence-electron chi connectivity index (χ0n) is 13.9. The molecule has 0 saturated carbocycles. The lowest BCUT2D eigenvalue weighted by Gasteiger charge is -2.27. The number of rotatable bonds is 6. The summed E-state index contributed by atoms with van der Waals surface area (Å²) in [6, 6.07) is 13.0. The quantitative estimate of drug-likeness (QED) is 0.875. The second-order valence-electron chi connectivity index (χ2n) is 5.71. The van der Waals surface area contributed by atoms with Crippen molar-refractivity contribution in [2.24, 2.45) is 0 Å². The number of ether oxygens (including phenoxy) is 3. The number of nitrogens with one attached hydrogen (secondary N) is 1. The van der Waals surface area contributed by atoms with Gasteiger partial charge in [-0.2, -0.15) is 0 Å². The molecule has 6 heteroatoms. The van der Waals surface area contributed by atoms with Gasteiger partial charge in [0.25, 0.3) is 5.91 Å². The molecule has 0 bridgehead atoms. The third-order valence-corrected chi connectivity index (χ3v) is 3.83. The molecule has 1 N–H and O–H groups in total. The zero-order valence-corrected chi connectivity index (χ0v) is 13.9. The smallest absolute Gasteiger partial charge is 0.261 e. The van der Waals surface area contributed by atoms with Crippen LogP contribution in [0.1, 0.15) is 13.3 Å². The fourth-order valence-electron chi connectivity index (χ4n) is 2.49. The van der Waals surface area contributed by atoms with Crippen LogP contribution in [0.15, 0.2) is 48.5 Å². The first-order valence-corrected chi connectivity index (χ1v) is 8.24. The van der Waals surface area contributed by atoms with E-state index in [0.717, 1.165) is 0 Å². The number of amides is 1. The van der Waals surface area contributed by atoms with E-state index in [-0.39, 0.29) is 17.8 Å². The van der Waals surface area contributed by atoms with E-state index in [2.05, 4.69) is 5.32 Å². The van der Waals surface area contributed by atoms with E-state index in [1.807, 2.05) is 31.2 Å². The number of hydrogen-bond acceptors (Lipinski definition) is 4. The third kappa shape index (κ3) is 4.41. The Balaban J connectivity index is 1.52. The summed E-state index contributed by atoms with van der Waals surface area (Å²) in [5.74, 6) is 1.24. The van der Waals surface area contributed by atoms with Gasteiger partial charge in [0.05, 0.1) is 6.54 Å². The Bertz CT molecular complexity index is 720. The molecule has 25 heavy (non-hydrogen) atoms. The molecule has 0 aliphatic carbocycles. The molecular weight excluding hydrogens is 325 g/mol. The molecule has 3 rings (SSSR count). The lowest BCUT2D eigenvalue weighted by Crippen LogP contribution is -2.45. The van der Waals surface area contributed by atoms with Gasteiger partial charge < -0.3 is 19.5 Å². The average Bonchev–Trinajstić information content (AvgIpc) is 2.65. The Kier molecular flexibility index (Phi) is 5.38. The Morgan fingerprint density at radius 1 is 1.24 bits per heavy atom. The van der Waals surface area contributed by atoms with Crippen LogP contribution >= 0.6 is 0 Å². The largest absolute Gasteiger partial charge is 0.486 e. The van der Waals surface area contributed by atoms with Gasteiger partial charge in [0.1, 0.15) is 24.3 Å². The van der Waals surface area contributed by atoms with E-state index in [1.165, 1.54) is 24.3 Å². The van der Waals surface area contributed by atoms with Crippen LogP contribution in [0.4, 0.5) is 4.39 Å². The van der Waals surface area contributed by atoms with Crippen molar-refractivity contribution in [3.63, 3.8) is 0 Å². The van der Waals surface area contributed by atoms with E-state index in [9.17, 15) is 9.18 Å². The highest BCUT2D eigenvalue weighted by molar-refractivity contribution is 5.81. The minimum absolute atomic E-state index is 0.241. The molecule has 5 nitrogen and oxygen atoms in total. The molecule has 1 aliphatic heterocycles. The minimum Gasteiger partial charge on any atom is -0.486 e. The van der Waals surface area contributed by atoms with Gasteiger partial charge in [-0.25, -0.2) is 4.39 Å². The summed E-state index contributed by atoms with van der Waals surface area (Å²) in [6.45, 7) is 2.54. The van der Waals surface area contributed by atoms with Gasteiger partial charge in [0.2, 0.25) is 0 Å². The maximum absolute atomic E-state index is 12.9. The number of carbonyl (C=O) groups is 1. The van der Waals surface area contributed by atoms with Gasteiger partial charge in [-0.3, -0.25) is 4.79 Å². The number of para-hydroxylation sites is 2. The highest BCUT2D eigenvalue weighted by atomic mass is 19.1. The first-order valence-electron chi connectivity index (χ1n) is 8.24. The molecule has 2 aromatic carbocycles. The van der Waals surface area contributed by atoms with Crippen molar-refractivity contribution < 1.29 is 23.4 Å². The molecule has 2 aromatic rings. The van der Waals surface area contributed by atoms with E-state index < -0.39 is 6.10 Å². The van der Waals surface area contributed by atoms with Crippen LogP contribution in [0.5, 0.6) is 17.2 Å². The van der Waals surface area contributed by atoms with Crippen LogP contribution in [0.25, 0.3) is 0 Å². The first kappa shape index (κ1) is 17.1. The molecule has 0 aromatic heterocycles. The SMILES string of the molecule is CCC(Oc1ccc(F)cc1)C(=O)NCC1COc2ccccc2O1. The summed E-state index contributed by atoms with van der Waals surface area (Å²) in [6.07, 6.45) is -0.418. The summed E-state index contributed by atoms with van der Waals surface area (Å²) in [4.78, 5) is 12.3. The number of halogens is 1. The standard InChI is InChI=1S/C19H20FNO4/c1-2-16(24-14-9-7-13(20)8-10-14)19(22)21-11-15-12-23-17-5-3-4-6-18(17)25-15/h3-10,15-16H,2,11-12H2,1H3,(H,21,22). The van der Waals surface area contributed by atoms with Gasteiger partial charge >= 0.3 is 0 Å². The predicted molar refractivity (Wildman–Crippen MR) is 90.5 cm³/mol. The molecular formula is C19H20FNO4. The molecule has 0 radical (unpaired) electrons. The highest BCUT2D eigenvalue weighted by Gasteiger charge is 2.24. The van der Waals surface area contributed by atoms with E-state index in [0.29, 0.717) is 36.8 Å². The van der Waals surface area contributed by atoms with E-state index >= 15 is 0 Å². The fourth-order valence-corrected chi connectivity index (χ4v) is 2.49. The van der Waals surface area contributed by atoms with E-state index in [4.69, 9.17) is 14.2 Å². The lowest BCUT2D eigenvalue weighted by atomic mass is 10.2. The Labute approximate surface area is 145 Å². The number of fused-ring (bicyclic) bond motifs is 1. The van der Waals surface area contributed by atoms with Gasteiger partial charge in [0.15, 0.2) is 17.6 Å². The van der Waals surface area contributed by atoms with Crippen molar-refractivity contribution in [3.8, 4) is 17.2 Å². The van der Waals surface area contributed by atoms with Crippen LogP contribution in [-0.2, 0) is 4.79 Å². The molecule has 1 aliphatic rings. The Morgan fingerprint density at radius 3 is 2.68 bits per heavy atom. The lowest BCUT2D eigenvalue weighted by molar-refractivity contribution is -0.128. The molecule has 0 spiro atoms. The van der Waals surface area contributed by atoms with Crippen LogP contribution in [0, 0.1) is 5.82 Å². The van der Waals surface area contributed by atoms with Crippen molar-refractivity contribution >= 4 is 5.91 Å². The maximum Gasteiger partial charge on any atom is 0.261 e. The summed E-state index contributed by atoms with van der Waals surface area (Å²) in [5.41, 5.74) is 0. The van der Waals surface area contributed by atoms with Crippen molar-refractivity contribution in [2.45, 2.75) is 25.6 Å².